The largest absolute Gasteiger partial charge is 0.478 e. The molecule has 0 radical (unpaired) electrons. The quantitative estimate of drug-likeness (QED) is 0.823. The SMILES string of the molecule is COCC(C)CNc1ccc(Cl)c(C(=O)O)c1. The van der Waals surface area contributed by atoms with Crippen molar-refractivity contribution >= 4 is 23.3 Å². The van der Waals surface area contributed by atoms with E-state index in [9.17, 15) is 4.79 Å². The first-order valence-electron chi connectivity index (χ1n) is 5.30. The molecule has 0 amide bonds. The monoisotopic (exact) mass is 257 g/mol. The number of halogens is 1. The summed E-state index contributed by atoms with van der Waals surface area (Å²) in [7, 11) is 1.65. The Labute approximate surface area is 106 Å². The van der Waals surface area contributed by atoms with Crippen molar-refractivity contribution in [3.63, 3.8) is 0 Å². The van der Waals surface area contributed by atoms with E-state index in [1.165, 1.54) is 6.07 Å². The summed E-state index contributed by atoms with van der Waals surface area (Å²) in [5.74, 6) is -0.674. The van der Waals surface area contributed by atoms with Gasteiger partial charge in [-0.05, 0) is 24.1 Å². The van der Waals surface area contributed by atoms with E-state index in [0.29, 0.717) is 19.1 Å². The molecular formula is C12H16ClNO3. The van der Waals surface area contributed by atoms with Crippen LogP contribution in [0.25, 0.3) is 0 Å². The summed E-state index contributed by atoms with van der Waals surface area (Å²) in [5.41, 5.74) is 0.853. The van der Waals surface area contributed by atoms with E-state index in [2.05, 4.69) is 5.32 Å². The van der Waals surface area contributed by atoms with Crippen molar-refractivity contribution in [3.05, 3.63) is 28.8 Å². The Balaban J connectivity index is 2.66. The summed E-state index contributed by atoms with van der Waals surface area (Å²) in [6.45, 7) is 3.42. The van der Waals surface area contributed by atoms with Crippen molar-refractivity contribution in [2.75, 3.05) is 25.6 Å². The molecule has 1 aromatic carbocycles. The van der Waals surface area contributed by atoms with Crippen LogP contribution in [0.5, 0.6) is 0 Å². The zero-order chi connectivity index (χ0) is 12.8. The molecule has 0 aliphatic heterocycles. The van der Waals surface area contributed by atoms with Crippen LogP contribution in [0.2, 0.25) is 5.02 Å². The van der Waals surface area contributed by atoms with Gasteiger partial charge in [-0.2, -0.15) is 0 Å². The van der Waals surface area contributed by atoms with Gasteiger partial charge in [-0.3, -0.25) is 0 Å². The zero-order valence-electron chi connectivity index (χ0n) is 9.87. The fraction of sp³-hybridized carbons (Fsp3) is 0.417. The van der Waals surface area contributed by atoms with E-state index in [4.69, 9.17) is 21.4 Å². The number of hydrogen-bond acceptors (Lipinski definition) is 3. The summed E-state index contributed by atoms with van der Waals surface area (Å²) in [4.78, 5) is 10.9. The van der Waals surface area contributed by atoms with Crippen molar-refractivity contribution in [1.29, 1.82) is 0 Å². The zero-order valence-corrected chi connectivity index (χ0v) is 10.6. The van der Waals surface area contributed by atoms with Crippen molar-refractivity contribution < 1.29 is 14.6 Å². The van der Waals surface area contributed by atoms with E-state index in [0.717, 1.165) is 5.69 Å². The maximum Gasteiger partial charge on any atom is 0.337 e. The summed E-state index contributed by atoms with van der Waals surface area (Å²) < 4.78 is 5.02. The van der Waals surface area contributed by atoms with Gasteiger partial charge >= 0.3 is 5.97 Å². The first-order chi connectivity index (χ1) is 8.04. The highest BCUT2D eigenvalue weighted by Crippen LogP contribution is 2.20. The minimum Gasteiger partial charge on any atom is -0.478 e. The number of anilines is 1. The fourth-order valence-corrected chi connectivity index (χ4v) is 1.63. The molecule has 0 aliphatic carbocycles. The molecule has 1 aromatic rings. The minimum absolute atomic E-state index is 0.107. The number of nitrogens with one attached hydrogen (secondary N) is 1. The molecule has 0 fully saturated rings. The van der Waals surface area contributed by atoms with Gasteiger partial charge in [0, 0.05) is 19.3 Å². The topological polar surface area (TPSA) is 58.6 Å². The average molecular weight is 258 g/mol. The smallest absolute Gasteiger partial charge is 0.337 e. The highest BCUT2D eigenvalue weighted by molar-refractivity contribution is 6.33. The van der Waals surface area contributed by atoms with Gasteiger partial charge < -0.3 is 15.2 Å². The second-order valence-electron chi connectivity index (χ2n) is 3.94. The van der Waals surface area contributed by atoms with Gasteiger partial charge in [-0.1, -0.05) is 18.5 Å². The summed E-state index contributed by atoms with van der Waals surface area (Å²) in [6.07, 6.45) is 0. The molecular weight excluding hydrogens is 242 g/mol. The number of hydrogen-bond donors (Lipinski definition) is 2. The molecule has 0 heterocycles. The Morgan fingerprint density at radius 3 is 2.88 bits per heavy atom. The summed E-state index contributed by atoms with van der Waals surface area (Å²) >= 11 is 5.78. The molecule has 1 unspecified atom stereocenters. The van der Waals surface area contributed by atoms with Crippen molar-refractivity contribution in [2.24, 2.45) is 5.92 Å². The molecule has 17 heavy (non-hydrogen) atoms. The van der Waals surface area contributed by atoms with E-state index >= 15 is 0 Å². The van der Waals surface area contributed by atoms with Crippen LogP contribution in [-0.4, -0.2) is 31.3 Å². The highest BCUT2D eigenvalue weighted by atomic mass is 35.5. The van der Waals surface area contributed by atoms with Crippen LogP contribution in [0.4, 0.5) is 5.69 Å². The number of benzene rings is 1. The molecule has 0 saturated carbocycles. The second-order valence-corrected chi connectivity index (χ2v) is 4.35. The van der Waals surface area contributed by atoms with Gasteiger partial charge in [0.05, 0.1) is 17.2 Å². The number of ether oxygens (including phenoxy) is 1. The molecule has 0 saturated heterocycles. The third kappa shape index (κ3) is 4.24. The lowest BCUT2D eigenvalue weighted by Gasteiger charge is -2.13. The van der Waals surface area contributed by atoms with Gasteiger partial charge in [0.1, 0.15) is 0 Å². The van der Waals surface area contributed by atoms with Gasteiger partial charge in [0.15, 0.2) is 0 Å². The molecule has 4 nitrogen and oxygen atoms in total. The molecule has 5 heteroatoms. The standard InChI is InChI=1S/C12H16ClNO3/c1-8(7-17-2)6-14-9-3-4-11(13)10(5-9)12(15)16/h3-5,8,14H,6-7H2,1-2H3,(H,15,16). The van der Waals surface area contributed by atoms with Crippen LogP contribution in [0, 0.1) is 5.92 Å². The van der Waals surface area contributed by atoms with Gasteiger partial charge in [-0.25, -0.2) is 4.79 Å². The summed E-state index contributed by atoms with van der Waals surface area (Å²) in [6, 6.07) is 4.87. The number of rotatable bonds is 6. The van der Waals surface area contributed by atoms with Crippen LogP contribution >= 0.6 is 11.6 Å². The van der Waals surface area contributed by atoms with Crippen LogP contribution < -0.4 is 5.32 Å². The maximum absolute atomic E-state index is 10.9. The van der Waals surface area contributed by atoms with Crippen LogP contribution in [-0.2, 0) is 4.74 Å². The molecule has 1 atom stereocenters. The number of carboxylic acids is 1. The third-order valence-corrected chi connectivity index (χ3v) is 2.63. The summed E-state index contributed by atoms with van der Waals surface area (Å²) in [5, 5.41) is 12.3. The Kier molecular flexibility index (Phi) is 5.25. The lowest BCUT2D eigenvalue weighted by Crippen LogP contribution is -2.16. The van der Waals surface area contributed by atoms with E-state index in [1.54, 1.807) is 19.2 Å². The van der Waals surface area contributed by atoms with Crippen molar-refractivity contribution in [1.82, 2.24) is 0 Å². The normalized spacial score (nSPS) is 12.2. The Morgan fingerprint density at radius 1 is 1.59 bits per heavy atom. The van der Waals surface area contributed by atoms with Crippen molar-refractivity contribution in [2.45, 2.75) is 6.92 Å². The van der Waals surface area contributed by atoms with E-state index < -0.39 is 5.97 Å². The lowest BCUT2D eigenvalue weighted by atomic mass is 10.1. The number of carbonyl (C=O) groups is 1. The van der Waals surface area contributed by atoms with Gasteiger partial charge in [-0.15, -0.1) is 0 Å². The van der Waals surface area contributed by atoms with Gasteiger partial charge in [0.25, 0.3) is 0 Å². The average Bonchev–Trinajstić information content (AvgIpc) is 2.28. The van der Waals surface area contributed by atoms with Crippen LogP contribution in [0.3, 0.4) is 0 Å². The van der Waals surface area contributed by atoms with Crippen LogP contribution in [0.1, 0.15) is 17.3 Å². The Hall–Kier alpha value is -1.26. The molecule has 1 rings (SSSR count). The number of carboxylic acid groups (broad SMARTS) is 1. The first-order valence-corrected chi connectivity index (χ1v) is 5.68. The Bertz CT molecular complexity index is 395. The molecule has 0 bridgehead atoms. The number of methoxy groups -OCH3 is 1. The molecule has 0 aromatic heterocycles. The third-order valence-electron chi connectivity index (χ3n) is 2.30. The first kappa shape index (κ1) is 13.8. The molecule has 2 N–H and O–H groups in total. The predicted molar refractivity (Wildman–Crippen MR) is 67.9 cm³/mol. The van der Waals surface area contributed by atoms with Crippen LogP contribution in [0.15, 0.2) is 18.2 Å². The Morgan fingerprint density at radius 2 is 2.29 bits per heavy atom. The fourth-order valence-electron chi connectivity index (χ4n) is 1.43. The molecule has 0 aliphatic rings. The molecule has 94 valence electrons. The lowest BCUT2D eigenvalue weighted by molar-refractivity contribution is 0.0697. The maximum atomic E-state index is 10.9. The minimum atomic E-state index is -1.02. The predicted octanol–water partition coefficient (Wildman–Crippen LogP) is 2.73. The number of aromatic carboxylic acids is 1. The van der Waals surface area contributed by atoms with E-state index in [-0.39, 0.29) is 10.6 Å². The van der Waals surface area contributed by atoms with E-state index in [1.807, 2.05) is 6.92 Å². The van der Waals surface area contributed by atoms with Gasteiger partial charge in [0.2, 0.25) is 0 Å². The highest BCUT2D eigenvalue weighted by Gasteiger charge is 2.09. The van der Waals surface area contributed by atoms with Crippen molar-refractivity contribution in [3.8, 4) is 0 Å². The second kappa shape index (κ2) is 6.47. The molecule has 0 spiro atoms.